The monoisotopic (exact) mass is 715 g/mol. The number of nitrogens with zero attached hydrogens (tertiary/aromatic N) is 5. The molecule has 10 rings (SSSR count). The van der Waals surface area contributed by atoms with Crippen molar-refractivity contribution in [2.45, 2.75) is 0 Å². The summed E-state index contributed by atoms with van der Waals surface area (Å²) in [7, 11) is 0. The first kappa shape index (κ1) is 33.0. The summed E-state index contributed by atoms with van der Waals surface area (Å²) in [5.41, 5.74) is 14.8. The summed E-state index contributed by atoms with van der Waals surface area (Å²) in [6.07, 6.45) is 3.57. The van der Waals surface area contributed by atoms with Gasteiger partial charge in [0.25, 0.3) is 0 Å². The Kier molecular flexibility index (Phi) is 8.43. The summed E-state index contributed by atoms with van der Waals surface area (Å²) in [4.78, 5) is 24.7. The third-order valence-electron chi connectivity index (χ3n) is 10.2. The number of pyridine rings is 3. The number of hydrogen-bond acceptors (Lipinski definition) is 5. The summed E-state index contributed by atoms with van der Waals surface area (Å²) in [6, 6.07) is 65.1. The highest BCUT2D eigenvalue weighted by Gasteiger charge is 2.16. The van der Waals surface area contributed by atoms with Gasteiger partial charge in [0, 0.05) is 51.0 Å². The third-order valence-corrected chi connectivity index (χ3v) is 10.2. The van der Waals surface area contributed by atoms with Crippen molar-refractivity contribution < 1.29 is 0 Å². The second kappa shape index (κ2) is 14.3. The molecule has 262 valence electrons. The van der Waals surface area contributed by atoms with E-state index in [0.29, 0.717) is 5.82 Å². The van der Waals surface area contributed by atoms with E-state index in [4.69, 9.17) is 19.9 Å². The largest absolute Gasteiger partial charge is 0.264 e. The summed E-state index contributed by atoms with van der Waals surface area (Å²) in [5.74, 6) is 0.643. The number of fused-ring (bicyclic) bond motifs is 3. The van der Waals surface area contributed by atoms with Gasteiger partial charge in [0.2, 0.25) is 0 Å². The molecule has 0 fully saturated rings. The summed E-state index contributed by atoms with van der Waals surface area (Å²) in [5, 5.41) is 2.12. The maximum Gasteiger partial charge on any atom is 0.161 e. The summed E-state index contributed by atoms with van der Waals surface area (Å²) in [6.45, 7) is 0. The van der Waals surface area contributed by atoms with Crippen LogP contribution in [-0.4, -0.2) is 24.9 Å². The fraction of sp³-hybridized carbons (Fsp3) is 0. The normalized spacial score (nSPS) is 11.2. The molecule has 6 aromatic carbocycles. The van der Waals surface area contributed by atoms with Crippen molar-refractivity contribution in [1.82, 2.24) is 24.9 Å². The lowest BCUT2D eigenvalue weighted by molar-refractivity contribution is 1.17. The zero-order valence-electron chi connectivity index (χ0n) is 30.3. The molecule has 0 radical (unpaired) electrons. The van der Waals surface area contributed by atoms with Crippen LogP contribution >= 0.6 is 0 Å². The van der Waals surface area contributed by atoms with Crippen molar-refractivity contribution in [1.29, 1.82) is 0 Å². The molecule has 5 nitrogen and oxygen atoms in total. The van der Waals surface area contributed by atoms with Gasteiger partial charge >= 0.3 is 0 Å². The van der Waals surface area contributed by atoms with Gasteiger partial charge in [-0.3, -0.25) is 4.98 Å². The van der Waals surface area contributed by atoms with Gasteiger partial charge in [0.05, 0.1) is 33.8 Å². The maximum atomic E-state index is 5.29. The first-order valence-corrected chi connectivity index (χ1v) is 18.7. The Morgan fingerprint density at radius 2 is 0.839 bits per heavy atom. The molecule has 4 aromatic heterocycles. The van der Waals surface area contributed by atoms with Gasteiger partial charge in [0.15, 0.2) is 5.82 Å². The molecule has 0 aliphatic rings. The van der Waals surface area contributed by atoms with Gasteiger partial charge in [0.1, 0.15) is 0 Å². The lowest BCUT2D eigenvalue weighted by Gasteiger charge is -2.14. The quantitative estimate of drug-likeness (QED) is 0.154. The molecule has 0 saturated heterocycles. The average molecular weight is 716 g/mol. The minimum atomic E-state index is 0.643. The van der Waals surface area contributed by atoms with Crippen LogP contribution < -0.4 is 0 Å². The van der Waals surface area contributed by atoms with E-state index in [-0.39, 0.29) is 0 Å². The Hall–Kier alpha value is -7.63. The van der Waals surface area contributed by atoms with Crippen LogP contribution in [-0.2, 0) is 0 Å². The molecule has 0 atom stereocenters. The lowest BCUT2D eigenvalue weighted by atomic mass is 9.94. The Morgan fingerprint density at radius 3 is 1.50 bits per heavy atom. The highest BCUT2D eigenvalue weighted by molar-refractivity contribution is 6.10. The molecule has 0 aliphatic heterocycles. The Bertz CT molecular complexity index is 2930. The zero-order valence-corrected chi connectivity index (χ0v) is 30.3. The minimum absolute atomic E-state index is 0.643. The Balaban J connectivity index is 1.07. The molecule has 10 aromatic rings. The van der Waals surface area contributed by atoms with Crippen molar-refractivity contribution in [3.63, 3.8) is 0 Å². The molecular formula is C51H33N5. The fourth-order valence-corrected chi connectivity index (χ4v) is 7.31. The van der Waals surface area contributed by atoms with Crippen molar-refractivity contribution >= 4 is 21.8 Å². The lowest BCUT2D eigenvalue weighted by Crippen LogP contribution is -1.96. The van der Waals surface area contributed by atoms with Gasteiger partial charge < -0.3 is 0 Å². The van der Waals surface area contributed by atoms with E-state index in [1.807, 2.05) is 54.6 Å². The molecular weight excluding hydrogens is 683 g/mol. The van der Waals surface area contributed by atoms with Crippen LogP contribution in [0.25, 0.3) is 100 Å². The van der Waals surface area contributed by atoms with Crippen molar-refractivity contribution in [3.05, 3.63) is 200 Å². The number of rotatable bonds is 7. The van der Waals surface area contributed by atoms with Crippen LogP contribution in [0, 0.1) is 0 Å². The van der Waals surface area contributed by atoms with Crippen LogP contribution in [0.2, 0.25) is 0 Å². The van der Waals surface area contributed by atoms with Crippen LogP contribution in [0.15, 0.2) is 200 Å². The first-order valence-electron chi connectivity index (χ1n) is 18.7. The highest BCUT2D eigenvalue weighted by atomic mass is 14.9. The van der Waals surface area contributed by atoms with E-state index < -0.39 is 0 Å². The molecule has 0 amide bonds. The van der Waals surface area contributed by atoms with Gasteiger partial charge in [-0.15, -0.1) is 0 Å². The second-order valence-corrected chi connectivity index (χ2v) is 13.7. The van der Waals surface area contributed by atoms with Crippen LogP contribution in [0.1, 0.15) is 0 Å². The molecule has 0 N–H and O–H groups in total. The SMILES string of the molecule is c1ccc(-c2cc(-c3ccc(-c4cccc(-c5cc(-c6ccccc6)nc6c5ccc5ccc(-c7ccccc7)nc56)c4)cc3)nc(-c3cccnc3)n2)cc1. The molecule has 4 heterocycles. The van der Waals surface area contributed by atoms with E-state index in [9.17, 15) is 0 Å². The summed E-state index contributed by atoms with van der Waals surface area (Å²) < 4.78 is 0. The summed E-state index contributed by atoms with van der Waals surface area (Å²) >= 11 is 0. The van der Waals surface area contributed by atoms with E-state index >= 15 is 0 Å². The number of benzene rings is 6. The molecule has 0 saturated carbocycles. The van der Waals surface area contributed by atoms with Crippen molar-refractivity contribution in [2.75, 3.05) is 0 Å². The maximum absolute atomic E-state index is 5.29. The van der Waals surface area contributed by atoms with Crippen molar-refractivity contribution in [3.8, 4) is 78.7 Å². The molecule has 0 aliphatic carbocycles. The van der Waals surface area contributed by atoms with Crippen LogP contribution in [0.4, 0.5) is 0 Å². The van der Waals surface area contributed by atoms with E-state index in [2.05, 4.69) is 138 Å². The van der Waals surface area contributed by atoms with Gasteiger partial charge in [-0.05, 0) is 58.7 Å². The van der Waals surface area contributed by atoms with Crippen molar-refractivity contribution in [2.24, 2.45) is 0 Å². The molecule has 56 heavy (non-hydrogen) atoms. The van der Waals surface area contributed by atoms with Crippen LogP contribution in [0.3, 0.4) is 0 Å². The number of aromatic nitrogens is 5. The fourth-order valence-electron chi connectivity index (χ4n) is 7.31. The van der Waals surface area contributed by atoms with Crippen LogP contribution in [0.5, 0.6) is 0 Å². The standard InChI is InChI=1S/C51H33N5/c1-4-12-35(13-5-1)45-28-26-39-25-27-43-44(31-46(36-14-6-2-7-15-36)54-50(43)49(39)53-45)41-19-10-18-40(30-41)34-21-23-38(24-22-34)48-32-47(37-16-8-3-9-17-37)55-51(56-48)42-20-11-29-52-33-42/h1-33H. The van der Waals surface area contributed by atoms with Gasteiger partial charge in [-0.25, -0.2) is 19.9 Å². The smallest absolute Gasteiger partial charge is 0.161 e. The molecule has 0 unspecified atom stereocenters. The topological polar surface area (TPSA) is 64.5 Å². The highest BCUT2D eigenvalue weighted by Crippen LogP contribution is 2.38. The van der Waals surface area contributed by atoms with Gasteiger partial charge in [-0.1, -0.05) is 152 Å². The second-order valence-electron chi connectivity index (χ2n) is 13.7. The van der Waals surface area contributed by atoms with E-state index in [1.54, 1.807) is 12.4 Å². The third kappa shape index (κ3) is 6.37. The minimum Gasteiger partial charge on any atom is -0.264 e. The molecule has 0 bridgehead atoms. The van der Waals surface area contributed by atoms with E-state index in [1.165, 1.54) is 0 Å². The number of hydrogen-bond donors (Lipinski definition) is 0. The first-order chi connectivity index (χ1) is 27.7. The van der Waals surface area contributed by atoms with E-state index in [0.717, 1.165) is 94.7 Å². The molecule has 5 heteroatoms. The van der Waals surface area contributed by atoms with Gasteiger partial charge in [-0.2, -0.15) is 0 Å². The Labute approximate surface area is 324 Å². The zero-order chi connectivity index (χ0) is 37.3. The predicted octanol–water partition coefficient (Wildman–Crippen LogP) is 12.6. The Morgan fingerprint density at radius 1 is 0.304 bits per heavy atom. The molecule has 0 spiro atoms. The average Bonchev–Trinajstić information content (AvgIpc) is 3.29. The predicted molar refractivity (Wildman–Crippen MR) is 228 cm³/mol.